The molecule has 0 aromatic heterocycles. The molecule has 0 fully saturated rings. The van der Waals surface area contributed by atoms with Gasteiger partial charge in [0.2, 0.25) is 0 Å². The molecule has 3 N–H and O–H groups in total. The average molecular weight is 1330 g/mol. The van der Waals surface area contributed by atoms with Gasteiger partial charge in [0, 0.05) is 25.7 Å². The first-order chi connectivity index (χ1) is 43.2. The second-order valence-electron chi connectivity index (χ2n) is 27.1. The molecule has 0 heterocycles. The lowest BCUT2D eigenvalue weighted by molar-refractivity contribution is -0.161. The lowest BCUT2D eigenvalue weighted by Crippen LogP contribution is -2.30. The van der Waals surface area contributed by atoms with Crippen molar-refractivity contribution in [2.75, 3.05) is 39.6 Å². The Kier molecular flexibility index (Phi) is 59.4. The number of ether oxygens (including phenoxy) is 4. The van der Waals surface area contributed by atoms with E-state index in [4.69, 9.17) is 37.0 Å². The number of hydrogen-bond acceptors (Lipinski definition) is 15. The van der Waals surface area contributed by atoms with E-state index in [0.29, 0.717) is 31.6 Å². The van der Waals surface area contributed by atoms with Crippen molar-refractivity contribution < 1.29 is 80.2 Å². The highest BCUT2D eigenvalue weighted by Gasteiger charge is 2.30. The first-order valence-corrected chi connectivity index (χ1v) is 39.8. The number of rotatable bonds is 68. The molecule has 0 amide bonds. The largest absolute Gasteiger partial charge is 0.472 e. The van der Waals surface area contributed by atoms with E-state index in [1.165, 1.54) is 148 Å². The van der Waals surface area contributed by atoms with Gasteiger partial charge in [0.25, 0.3) is 0 Å². The summed E-state index contributed by atoms with van der Waals surface area (Å²) in [4.78, 5) is 72.6. The standard InChI is InChI=1S/C71H138O17P2/c1-9-63(7)49-41-33-25-17-14-15-19-28-37-45-53-70(75)87-67(58-82-69(74)52-44-36-30-22-24-32-40-48-62(5)6)60-86-90(79,80)84-56-65(72)55-83-89(77,78)85-59-66(88-71(76)54-46-38-29-21-20-26-34-42-50-64(8)10-2)57-81-68(73)51-43-35-27-18-13-11-12-16-23-31-39-47-61(3)4/h61-67,72H,9-60H2,1-8H3,(H,77,78)(H,79,80)/t63?,64?,65?,66-,67-/m1/s1. The molecule has 0 radical (unpaired) electrons. The third-order valence-electron chi connectivity index (χ3n) is 17.0. The van der Waals surface area contributed by atoms with Crippen LogP contribution in [0.25, 0.3) is 0 Å². The van der Waals surface area contributed by atoms with Crippen LogP contribution in [-0.4, -0.2) is 96.7 Å². The zero-order valence-corrected chi connectivity index (χ0v) is 60.6. The van der Waals surface area contributed by atoms with Gasteiger partial charge < -0.3 is 33.8 Å². The Morgan fingerprint density at radius 2 is 0.533 bits per heavy atom. The summed E-state index contributed by atoms with van der Waals surface area (Å²) in [6.45, 7) is 14.1. The Hall–Kier alpha value is -1.94. The molecule has 0 saturated carbocycles. The molecule has 19 heteroatoms. The van der Waals surface area contributed by atoms with E-state index in [-0.39, 0.29) is 25.7 Å². The van der Waals surface area contributed by atoms with Crippen molar-refractivity contribution >= 4 is 39.5 Å². The van der Waals surface area contributed by atoms with Crippen molar-refractivity contribution in [1.82, 2.24) is 0 Å². The van der Waals surface area contributed by atoms with Crippen LogP contribution in [0.15, 0.2) is 0 Å². The second kappa shape index (κ2) is 60.7. The Morgan fingerprint density at radius 3 is 0.789 bits per heavy atom. The number of aliphatic hydroxyl groups is 1. The lowest BCUT2D eigenvalue weighted by Gasteiger charge is -2.21. The summed E-state index contributed by atoms with van der Waals surface area (Å²) in [5, 5.41) is 10.6. The van der Waals surface area contributed by atoms with Crippen LogP contribution >= 0.6 is 15.6 Å². The van der Waals surface area contributed by atoms with Gasteiger partial charge in [0.1, 0.15) is 19.3 Å². The van der Waals surface area contributed by atoms with E-state index in [2.05, 4.69) is 55.4 Å². The number of unbranched alkanes of at least 4 members (excludes halogenated alkanes) is 32. The zero-order chi connectivity index (χ0) is 66.8. The molecule has 0 rings (SSSR count). The van der Waals surface area contributed by atoms with Crippen LogP contribution in [0.3, 0.4) is 0 Å². The van der Waals surface area contributed by atoms with Crippen LogP contribution in [0.1, 0.15) is 351 Å². The normalized spacial score (nSPS) is 14.9. The Labute approximate surface area is 549 Å². The summed E-state index contributed by atoms with van der Waals surface area (Å²) in [5.41, 5.74) is 0. The van der Waals surface area contributed by atoms with Crippen LogP contribution in [0.5, 0.6) is 0 Å². The summed E-state index contributed by atoms with van der Waals surface area (Å²) >= 11 is 0. The maximum atomic E-state index is 13.0. The van der Waals surface area contributed by atoms with Gasteiger partial charge in [-0.15, -0.1) is 0 Å². The summed E-state index contributed by atoms with van der Waals surface area (Å²) in [5.74, 6) is 0.919. The third kappa shape index (κ3) is 62.2. The van der Waals surface area contributed by atoms with Crippen LogP contribution < -0.4 is 0 Å². The molecule has 7 atom stereocenters. The highest BCUT2D eigenvalue weighted by atomic mass is 31.2. The van der Waals surface area contributed by atoms with Gasteiger partial charge in [-0.1, -0.05) is 299 Å². The number of hydrogen-bond donors (Lipinski definition) is 3. The van der Waals surface area contributed by atoms with Crippen LogP contribution in [0.2, 0.25) is 0 Å². The summed E-state index contributed by atoms with van der Waals surface area (Å²) < 4.78 is 68.3. The predicted octanol–water partition coefficient (Wildman–Crippen LogP) is 20.1. The van der Waals surface area contributed by atoms with Crippen molar-refractivity contribution in [1.29, 1.82) is 0 Å². The minimum absolute atomic E-state index is 0.104. The molecule has 0 aromatic carbocycles. The highest BCUT2D eigenvalue weighted by molar-refractivity contribution is 7.47. The molecular weight excluding hydrogens is 1190 g/mol. The Bertz CT molecular complexity index is 1790. The highest BCUT2D eigenvalue weighted by Crippen LogP contribution is 2.45. The van der Waals surface area contributed by atoms with Gasteiger partial charge in [0.05, 0.1) is 26.4 Å². The minimum Gasteiger partial charge on any atom is -0.462 e. The van der Waals surface area contributed by atoms with Gasteiger partial charge >= 0.3 is 39.5 Å². The lowest BCUT2D eigenvalue weighted by atomic mass is 9.99. The van der Waals surface area contributed by atoms with Crippen LogP contribution in [0, 0.1) is 23.7 Å². The molecule has 0 saturated heterocycles. The van der Waals surface area contributed by atoms with Gasteiger partial charge in [-0.3, -0.25) is 37.3 Å². The van der Waals surface area contributed by atoms with Gasteiger partial charge in [0.15, 0.2) is 12.2 Å². The van der Waals surface area contributed by atoms with E-state index < -0.39 is 97.5 Å². The Balaban J connectivity index is 5.26. The number of esters is 4. The first kappa shape index (κ1) is 88.1. The maximum Gasteiger partial charge on any atom is 0.472 e. The van der Waals surface area contributed by atoms with E-state index in [1.54, 1.807) is 0 Å². The van der Waals surface area contributed by atoms with Gasteiger partial charge in [-0.25, -0.2) is 9.13 Å². The quantitative estimate of drug-likeness (QED) is 0.0222. The summed E-state index contributed by atoms with van der Waals surface area (Å²) in [7, 11) is -9.91. The van der Waals surface area contributed by atoms with Crippen molar-refractivity contribution in [2.45, 2.75) is 369 Å². The Morgan fingerprint density at radius 1 is 0.311 bits per heavy atom. The predicted molar refractivity (Wildman–Crippen MR) is 363 cm³/mol. The van der Waals surface area contributed by atoms with Crippen molar-refractivity contribution in [3.63, 3.8) is 0 Å². The maximum absolute atomic E-state index is 13.0. The molecular formula is C71H138O17P2. The number of phosphoric ester groups is 2. The fourth-order valence-corrected chi connectivity index (χ4v) is 12.2. The summed E-state index contributed by atoms with van der Waals surface area (Å²) in [6.07, 6.45) is 43.0. The summed E-state index contributed by atoms with van der Waals surface area (Å²) in [6, 6.07) is 0. The fourth-order valence-electron chi connectivity index (χ4n) is 10.6. The van der Waals surface area contributed by atoms with Crippen molar-refractivity contribution in [3.8, 4) is 0 Å². The monoisotopic (exact) mass is 1320 g/mol. The zero-order valence-electron chi connectivity index (χ0n) is 58.8. The van der Waals surface area contributed by atoms with E-state index in [1.807, 2.05) is 0 Å². The molecule has 0 aromatic rings. The first-order valence-electron chi connectivity index (χ1n) is 36.8. The molecule has 0 bridgehead atoms. The van der Waals surface area contributed by atoms with Crippen molar-refractivity contribution in [3.05, 3.63) is 0 Å². The molecule has 5 unspecified atom stereocenters. The van der Waals surface area contributed by atoms with E-state index in [9.17, 15) is 43.2 Å². The molecule has 0 spiro atoms. The van der Waals surface area contributed by atoms with Gasteiger partial charge in [-0.2, -0.15) is 0 Å². The molecule has 17 nitrogen and oxygen atoms in total. The average Bonchev–Trinajstić information content (AvgIpc) is 3.68. The smallest absolute Gasteiger partial charge is 0.462 e. The van der Waals surface area contributed by atoms with Crippen molar-refractivity contribution in [2.24, 2.45) is 23.7 Å². The molecule has 534 valence electrons. The number of carbonyl (C=O) groups is 4. The topological polar surface area (TPSA) is 237 Å². The number of aliphatic hydroxyl groups excluding tert-OH is 1. The second-order valence-corrected chi connectivity index (χ2v) is 30.0. The molecule has 0 aliphatic carbocycles. The van der Waals surface area contributed by atoms with Crippen LogP contribution in [-0.2, 0) is 65.4 Å². The van der Waals surface area contributed by atoms with Crippen LogP contribution in [0.4, 0.5) is 0 Å². The number of phosphoric acid groups is 2. The SMILES string of the molecule is CCC(C)CCCCCCCCCCCCC(=O)O[C@H](COC(=O)CCCCCCCCCC(C)C)COP(=O)(O)OCC(O)COP(=O)(O)OC[C@@H](COC(=O)CCCCCCCCCCCCCC(C)C)OC(=O)CCCCCCCCCCC(C)CC. The molecule has 0 aliphatic heterocycles. The van der Waals surface area contributed by atoms with Gasteiger partial charge in [-0.05, 0) is 49.4 Å². The van der Waals surface area contributed by atoms with E-state index >= 15 is 0 Å². The molecule has 0 aliphatic rings. The fraction of sp³-hybridized carbons (Fsp3) is 0.944. The van der Waals surface area contributed by atoms with E-state index in [0.717, 1.165) is 114 Å². The third-order valence-corrected chi connectivity index (χ3v) is 18.9. The molecule has 90 heavy (non-hydrogen) atoms. The minimum atomic E-state index is -4.95. The number of carbonyl (C=O) groups excluding carboxylic acids is 4.